The van der Waals surface area contributed by atoms with Gasteiger partial charge in [0, 0.05) is 25.7 Å². The molecule has 6 atom stereocenters. The van der Waals surface area contributed by atoms with Crippen molar-refractivity contribution in [3.63, 3.8) is 0 Å². The quantitative estimate of drug-likeness (QED) is 0.0222. The molecule has 0 aromatic heterocycles. The zero-order chi connectivity index (χ0) is 70.7. The lowest BCUT2D eigenvalue weighted by molar-refractivity contribution is -0.161. The molecule has 0 saturated carbocycles. The normalized spacial score (nSPS) is 14.3. The van der Waals surface area contributed by atoms with Crippen LogP contribution in [0.25, 0.3) is 0 Å². The number of phosphoric acid groups is 2. The van der Waals surface area contributed by atoms with Crippen LogP contribution >= 0.6 is 15.6 Å². The van der Waals surface area contributed by atoms with Crippen LogP contribution in [-0.4, -0.2) is 96.7 Å². The average molecular weight is 1410 g/mol. The standard InChI is InChI=1S/C77H150O17P2/c1-7-10-12-14-16-18-20-25-30-34-41-47-53-59-74(79)87-65-72(93-77(82)62-56-50-44-36-32-28-24-22-23-27-29-33-39-45-51-57-69(4)5)67-91-95(83,84)89-63-71(78)64-90-96(85,86)92-68-73(66-88-75(80)60-54-48-42-38-37-40-46-52-58-70(6)9-3)94-76(81)61-55-49-43-35-31-26-21-19-17-15-13-11-8-2/h69-73,78H,7-68H2,1-6H3,(H,83,84)(H,85,86)/t70?,71-,72-,73-/m1/s1. The Balaban J connectivity index is 5.25. The van der Waals surface area contributed by atoms with E-state index < -0.39 is 97.5 Å². The van der Waals surface area contributed by atoms with E-state index in [9.17, 15) is 43.2 Å². The van der Waals surface area contributed by atoms with Crippen molar-refractivity contribution in [1.29, 1.82) is 0 Å². The number of ether oxygens (including phenoxy) is 4. The van der Waals surface area contributed by atoms with Crippen molar-refractivity contribution < 1.29 is 80.2 Å². The molecule has 0 fully saturated rings. The first kappa shape index (κ1) is 94.1. The molecule has 0 heterocycles. The minimum Gasteiger partial charge on any atom is -0.462 e. The van der Waals surface area contributed by atoms with Gasteiger partial charge < -0.3 is 33.8 Å². The van der Waals surface area contributed by atoms with E-state index in [0.717, 1.165) is 102 Å². The number of unbranched alkanes of at least 4 members (excludes halogenated alkanes) is 45. The number of hydrogen-bond donors (Lipinski definition) is 3. The van der Waals surface area contributed by atoms with Crippen molar-refractivity contribution in [1.82, 2.24) is 0 Å². The second-order valence-electron chi connectivity index (χ2n) is 28.5. The molecule has 0 saturated heterocycles. The molecule has 0 radical (unpaired) electrons. The fourth-order valence-electron chi connectivity index (χ4n) is 11.8. The zero-order valence-electron chi connectivity index (χ0n) is 62.7. The van der Waals surface area contributed by atoms with Gasteiger partial charge in [-0.1, -0.05) is 350 Å². The summed E-state index contributed by atoms with van der Waals surface area (Å²) in [7, 11) is -9.91. The van der Waals surface area contributed by atoms with Crippen molar-refractivity contribution in [3.05, 3.63) is 0 Å². The maximum absolute atomic E-state index is 13.1. The molecule has 0 aliphatic carbocycles. The van der Waals surface area contributed by atoms with Crippen LogP contribution in [0.15, 0.2) is 0 Å². The third-order valence-corrected chi connectivity index (χ3v) is 20.2. The first-order chi connectivity index (χ1) is 46.4. The molecule has 0 aromatic rings. The van der Waals surface area contributed by atoms with E-state index in [1.165, 1.54) is 218 Å². The summed E-state index contributed by atoms with van der Waals surface area (Å²) in [6, 6.07) is 0. The van der Waals surface area contributed by atoms with Crippen LogP contribution in [0.3, 0.4) is 0 Å². The second kappa shape index (κ2) is 68.8. The second-order valence-corrected chi connectivity index (χ2v) is 31.4. The fraction of sp³-hybridized carbons (Fsp3) is 0.948. The number of hydrogen-bond acceptors (Lipinski definition) is 15. The van der Waals surface area contributed by atoms with Gasteiger partial charge in [0.05, 0.1) is 26.4 Å². The molecule has 3 unspecified atom stereocenters. The Morgan fingerprint density at radius 1 is 0.302 bits per heavy atom. The van der Waals surface area contributed by atoms with Gasteiger partial charge in [-0.25, -0.2) is 9.13 Å². The van der Waals surface area contributed by atoms with Crippen molar-refractivity contribution in [2.45, 2.75) is 419 Å². The summed E-state index contributed by atoms with van der Waals surface area (Å²) in [6.07, 6.45) is 56.6. The van der Waals surface area contributed by atoms with Crippen molar-refractivity contribution >= 4 is 39.5 Å². The smallest absolute Gasteiger partial charge is 0.462 e. The third kappa shape index (κ3) is 69.2. The average Bonchev–Trinajstić information content (AvgIpc) is 1.18. The topological polar surface area (TPSA) is 237 Å². The highest BCUT2D eigenvalue weighted by atomic mass is 31.2. The van der Waals surface area contributed by atoms with E-state index in [0.29, 0.717) is 25.7 Å². The molecule has 570 valence electrons. The highest BCUT2D eigenvalue weighted by Gasteiger charge is 2.30. The van der Waals surface area contributed by atoms with Gasteiger partial charge in [0.15, 0.2) is 12.2 Å². The summed E-state index contributed by atoms with van der Waals surface area (Å²) in [5.41, 5.74) is 0. The van der Waals surface area contributed by atoms with E-state index in [-0.39, 0.29) is 25.7 Å². The maximum Gasteiger partial charge on any atom is 0.472 e. The van der Waals surface area contributed by atoms with Gasteiger partial charge in [0.2, 0.25) is 0 Å². The Morgan fingerprint density at radius 2 is 0.531 bits per heavy atom. The Hall–Kier alpha value is -1.94. The molecule has 0 bridgehead atoms. The minimum absolute atomic E-state index is 0.107. The molecule has 0 rings (SSSR count). The van der Waals surface area contributed by atoms with Crippen LogP contribution in [0.4, 0.5) is 0 Å². The largest absolute Gasteiger partial charge is 0.472 e. The number of aliphatic hydroxyl groups is 1. The molecule has 0 spiro atoms. The summed E-state index contributed by atoms with van der Waals surface area (Å²) in [5, 5.41) is 10.6. The molecule has 0 aliphatic heterocycles. The number of aliphatic hydroxyl groups excluding tert-OH is 1. The number of rotatable bonds is 76. The molecular weight excluding hydrogens is 1260 g/mol. The van der Waals surface area contributed by atoms with E-state index in [2.05, 4.69) is 41.5 Å². The molecule has 19 heteroatoms. The van der Waals surface area contributed by atoms with Crippen LogP contribution in [0.1, 0.15) is 401 Å². The van der Waals surface area contributed by atoms with Crippen LogP contribution in [0, 0.1) is 11.8 Å². The van der Waals surface area contributed by atoms with Gasteiger partial charge in [-0.2, -0.15) is 0 Å². The lowest BCUT2D eigenvalue weighted by Crippen LogP contribution is -2.30. The van der Waals surface area contributed by atoms with Gasteiger partial charge in [0.25, 0.3) is 0 Å². The predicted octanol–water partition coefficient (Wildman–Crippen LogP) is 22.7. The van der Waals surface area contributed by atoms with Gasteiger partial charge in [0.1, 0.15) is 19.3 Å². The maximum atomic E-state index is 13.1. The summed E-state index contributed by atoms with van der Waals surface area (Å²) >= 11 is 0. The Labute approximate surface area is 588 Å². The number of carbonyl (C=O) groups is 4. The molecule has 0 aromatic carbocycles. The molecule has 0 amide bonds. The summed E-state index contributed by atoms with van der Waals surface area (Å²) in [5.74, 6) is -0.531. The Kier molecular flexibility index (Phi) is 67.4. The monoisotopic (exact) mass is 1410 g/mol. The predicted molar refractivity (Wildman–Crippen MR) is 391 cm³/mol. The van der Waals surface area contributed by atoms with Crippen LogP contribution in [0.5, 0.6) is 0 Å². The van der Waals surface area contributed by atoms with Gasteiger partial charge >= 0.3 is 39.5 Å². The van der Waals surface area contributed by atoms with Crippen LogP contribution < -0.4 is 0 Å². The van der Waals surface area contributed by atoms with E-state index in [1.807, 2.05) is 0 Å². The summed E-state index contributed by atoms with van der Waals surface area (Å²) in [6.45, 7) is 9.64. The van der Waals surface area contributed by atoms with E-state index >= 15 is 0 Å². The lowest BCUT2D eigenvalue weighted by Gasteiger charge is -2.21. The molecule has 3 N–H and O–H groups in total. The lowest BCUT2D eigenvalue weighted by atomic mass is 9.99. The summed E-state index contributed by atoms with van der Waals surface area (Å²) < 4.78 is 68.6. The van der Waals surface area contributed by atoms with Crippen LogP contribution in [-0.2, 0) is 65.4 Å². The highest BCUT2D eigenvalue weighted by Crippen LogP contribution is 2.45. The van der Waals surface area contributed by atoms with Gasteiger partial charge in [-0.05, 0) is 37.5 Å². The fourth-order valence-corrected chi connectivity index (χ4v) is 13.4. The van der Waals surface area contributed by atoms with Gasteiger partial charge in [-0.3, -0.25) is 37.3 Å². The summed E-state index contributed by atoms with van der Waals surface area (Å²) in [4.78, 5) is 72.9. The Morgan fingerprint density at radius 3 is 0.792 bits per heavy atom. The number of esters is 4. The van der Waals surface area contributed by atoms with Crippen molar-refractivity contribution in [2.24, 2.45) is 11.8 Å². The first-order valence-electron chi connectivity index (χ1n) is 40.0. The number of phosphoric ester groups is 2. The Bertz CT molecular complexity index is 1860. The van der Waals surface area contributed by atoms with Crippen LogP contribution in [0.2, 0.25) is 0 Å². The van der Waals surface area contributed by atoms with Gasteiger partial charge in [-0.15, -0.1) is 0 Å². The van der Waals surface area contributed by atoms with E-state index in [4.69, 9.17) is 37.0 Å². The molecule has 96 heavy (non-hydrogen) atoms. The first-order valence-corrected chi connectivity index (χ1v) is 43.0. The minimum atomic E-state index is -4.96. The van der Waals surface area contributed by atoms with Crippen molar-refractivity contribution in [3.8, 4) is 0 Å². The SMILES string of the molecule is CCCCCCCCCCCCCCCC(=O)OC[C@H](COP(=O)(O)OC[C@@H](O)COP(=O)(O)OC[C@@H](COC(=O)CCCCCCCCCCC(C)CC)OC(=O)CCCCCCCCCCCCCCC)OC(=O)CCCCCCCCCCCCCCCCCC(C)C. The highest BCUT2D eigenvalue weighted by molar-refractivity contribution is 7.47. The third-order valence-electron chi connectivity index (χ3n) is 18.3. The molecule has 17 nitrogen and oxygen atoms in total. The zero-order valence-corrected chi connectivity index (χ0v) is 64.5. The number of carbonyl (C=O) groups excluding carboxylic acids is 4. The molecular formula is C77H150O17P2. The molecule has 0 aliphatic rings. The van der Waals surface area contributed by atoms with E-state index in [1.54, 1.807) is 0 Å². The van der Waals surface area contributed by atoms with Crippen molar-refractivity contribution in [2.75, 3.05) is 39.6 Å².